The van der Waals surface area contributed by atoms with E-state index in [1.54, 1.807) is 6.07 Å². The highest BCUT2D eigenvalue weighted by Gasteiger charge is 2.09. The molecule has 0 spiro atoms. The summed E-state index contributed by atoms with van der Waals surface area (Å²) in [7, 11) is 0. The molecule has 0 saturated heterocycles. The topological polar surface area (TPSA) is 68.0 Å². The van der Waals surface area contributed by atoms with Gasteiger partial charge in [-0.3, -0.25) is 10.1 Å². The Hall–Kier alpha value is -2.16. The fourth-order valence-electron chi connectivity index (χ4n) is 1.72. The number of aromatic nitrogens is 1. The smallest absolute Gasteiger partial charge is 0.257 e. The summed E-state index contributed by atoms with van der Waals surface area (Å²) >= 11 is 1.41. The molecule has 0 unspecified atom stereocenters. The van der Waals surface area contributed by atoms with Crippen LogP contribution in [0.3, 0.4) is 0 Å². The Kier molecular flexibility index (Phi) is 4.51. The van der Waals surface area contributed by atoms with Gasteiger partial charge in [-0.1, -0.05) is 11.8 Å². The molecule has 0 bridgehead atoms. The van der Waals surface area contributed by atoms with E-state index in [9.17, 15) is 4.79 Å². The lowest BCUT2D eigenvalue weighted by molar-refractivity contribution is 0.102. The van der Waals surface area contributed by atoms with Crippen LogP contribution in [0.1, 0.15) is 27.2 Å². The predicted octanol–water partition coefficient (Wildman–Crippen LogP) is 2.32. The molecule has 1 amide bonds. The summed E-state index contributed by atoms with van der Waals surface area (Å²) in [5.74, 6) is 5.55. The van der Waals surface area contributed by atoms with Crippen LogP contribution in [0, 0.1) is 25.7 Å². The van der Waals surface area contributed by atoms with Crippen LogP contribution < -0.4 is 11.1 Å². The largest absolute Gasteiger partial charge is 0.320 e. The number of nitrogens with zero attached hydrogens (tertiary/aromatic N) is 1. The van der Waals surface area contributed by atoms with Crippen LogP contribution in [-0.2, 0) is 0 Å². The lowest BCUT2D eigenvalue weighted by Crippen LogP contribution is -2.12. The maximum atomic E-state index is 12.2. The van der Waals surface area contributed by atoms with Gasteiger partial charge < -0.3 is 5.73 Å². The number of rotatable bonds is 2. The number of carbonyl (C=O) groups excluding carboxylic acids is 1. The lowest BCUT2D eigenvalue weighted by atomic mass is 10.1. The van der Waals surface area contributed by atoms with E-state index in [2.05, 4.69) is 22.1 Å². The summed E-state index contributed by atoms with van der Waals surface area (Å²) < 4.78 is 0. The van der Waals surface area contributed by atoms with E-state index in [0.717, 1.165) is 16.8 Å². The minimum atomic E-state index is -0.182. The average Bonchev–Trinajstić information content (AvgIpc) is 2.81. The van der Waals surface area contributed by atoms with Crippen LogP contribution in [-0.4, -0.2) is 17.4 Å². The molecule has 2 aromatic rings. The van der Waals surface area contributed by atoms with Gasteiger partial charge in [-0.25, -0.2) is 4.98 Å². The third kappa shape index (κ3) is 3.67. The molecule has 0 saturated carbocycles. The summed E-state index contributed by atoms with van der Waals surface area (Å²) in [5, 5.41) is 5.28. The number of hydrogen-bond acceptors (Lipinski definition) is 4. The molecule has 3 N–H and O–H groups in total. The van der Waals surface area contributed by atoms with Crippen molar-refractivity contribution in [3.8, 4) is 11.8 Å². The Morgan fingerprint density at radius 3 is 2.85 bits per heavy atom. The molecule has 1 aromatic carbocycles. The first-order valence-corrected chi connectivity index (χ1v) is 7.00. The van der Waals surface area contributed by atoms with Crippen molar-refractivity contribution in [1.82, 2.24) is 4.98 Å². The lowest BCUT2D eigenvalue weighted by Gasteiger charge is -2.04. The van der Waals surface area contributed by atoms with E-state index in [4.69, 9.17) is 5.73 Å². The second-order valence-corrected chi connectivity index (χ2v) is 5.20. The second kappa shape index (κ2) is 6.33. The number of aryl methyl sites for hydroxylation is 2. The van der Waals surface area contributed by atoms with Gasteiger partial charge in [0.05, 0.1) is 12.2 Å². The molecule has 1 heterocycles. The fourth-order valence-corrected chi connectivity index (χ4v) is 2.40. The van der Waals surface area contributed by atoms with Gasteiger partial charge in [0.2, 0.25) is 0 Å². The van der Waals surface area contributed by atoms with E-state index in [1.807, 2.05) is 31.4 Å². The molecule has 0 aliphatic heterocycles. The highest BCUT2D eigenvalue weighted by atomic mass is 32.1. The molecule has 0 radical (unpaired) electrons. The summed E-state index contributed by atoms with van der Waals surface area (Å²) in [6.45, 7) is 4.12. The number of anilines is 1. The van der Waals surface area contributed by atoms with Gasteiger partial charge in [0.15, 0.2) is 5.13 Å². The molecule has 1 aromatic heterocycles. The Morgan fingerprint density at radius 2 is 2.20 bits per heavy atom. The molecule has 0 atom stereocenters. The van der Waals surface area contributed by atoms with Crippen molar-refractivity contribution in [1.29, 1.82) is 0 Å². The quantitative estimate of drug-likeness (QED) is 0.832. The van der Waals surface area contributed by atoms with Crippen LogP contribution in [0.15, 0.2) is 23.6 Å². The molecule has 0 aliphatic rings. The van der Waals surface area contributed by atoms with Crippen molar-refractivity contribution in [2.45, 2.75) is 13.8 Å². The second-order valence-electron chi connectivity index (χ2n) is 4.34. The minimum absolute atomic E-state index is 0.182. The summed E-state index contributed by atoms with van der Waals surface area (Å²) in [6.07, 6.45) is 0. The van der Waals surface area contributed by atoms with Gasteiger partial charge in [0, 0.05) is 16.5 Å². The maximum Gasteiger partial charge on any atom is 0.257 e. The average molecular weight is 285 g/mol. The number of thiazole rings is 1. The van der Waals surface area contributed by atoms with Crippen molar-refractivity contribution >= 4 is 22.4 Å². The van der Waals surface area contributed by atoms with Gasteiger partial charge in [-0.15, -0.1) is 11.3 Å². The first-order chi connectivity index (χ1) is 9.58. The third-order valence-corrected chi connectivity index (χ3v) is 3.39. The molecular formula is C15H15N3OS. The normalized spacial score (nSPS) is 9.75. The number of nitrogens with one attached hydrogen (secondary N) is 1. The molecule has 20 heavy (non-hydrogen) atoms. The Labute approximate surface area is 122 Å². The molecule has 0 fully saturated rings. The van der Waals surface area contributed by atoms with E-state index < -0.39 is 0 Å². The minimum Gasteiger partial charge on any atom is -0.320 e. The van der Waals surface area contributed by atoms with Crippen molar-refractivity contribution in [2.75, 3.05) is 11.9 Å². The first-order valence-electron chi connectivity index (χ1n) is 6.12. The van der Waals surface area contributed by atoms with Crippen LogP contribution in [0.2, 0.25) is 0 Å². The zero-order chi connectivity index (χ0) is 14.5. The van der Waals surface area contributed by atoms with Crippen molar-refractivity contribution < 1.29 is 4.79 Å². The van der Waals surface area contributed by atoms with Gasteiger partial charge in [-0.2, -0.15) is 0 Å². The Balaban J connectivity index is 2.23. The van der Waals surface area contributed by atoms with E-state index in [-0.39, 0.29) is 5.91 Å². The number of nitrogens with two attached hydrogens (primary N) is 1. The first kappa shape index (κ1) is 14.3. The summed E-state index contributed by atoms with van der Waals surface area (Å²) in [4.78, 5) is 16.4. The zero-order valence-corrected chi connectivity index (χ0v) is 12.2. The van der Waals surface area contributed by atoms with E-state index in [0.29, 0.717) is 17.2 Å². The van der Waals surface area contributed by atoms with Crippen molar-refractivity contribution in [3.05, 3.63) is 46.0 Å². The summed E-state index contributed by atoms with van der Waals surface area (Å²) in [6, 6.07) is 5.50. The van der Waals surface area contributed by atoms with Gasteiger partial charge in [-0.05, 0) is 37.6 Å². The van der Waals surface area contributed by atoms with Crippen molar-refractivity contribution in [2.24, 2.45) is 5.73 Å². The molecule has 2 rings (SSSR count). The molecule has 0 aliphatic carbocycles. The number of hydrogen-bond donors (Lipinski definition) is 2. The molecular weight excluding hydrogens is 270 g/mol. The third-order valence-electron chi connectivity index (χ3n) is 2.51. The summed E-state index contributed by atoms with van der Waals surface area (Å²) in [5.41, 5.74) is 8.59. The van der Waals surface area contributed by atoms with Gasteiger partial charge >= 0.3 is 0 Å². The molecule has 4 nitrogen and oxygen atoms in total. The monoisotopic (exact) mass is 285 g/mol. The Morgan fingerprint density at radius 1 is 1.40 bits per heavy atom. The highest BCUT2D eigenvalue weighted by Crippen LogP contribution is 2.16. The highest BCUT2D eigenvalue weighted by molar-refractivity contribution is 7.13. The standard InChI is InChI=1S/C15H15N3OS/c1-10-6-12(4-3-5-16)8-13(7-10)14(19)18-15-17-11(2)9-20-15/h6-9H,5,16H2,1-2H3,(H,17,18,19). The van der Waals surface area contributed by atoms with Crippen LogP contribution >= 0.6 is 11.3 Å². The number of carbonyl (C=O) groups is 1. The SMILES string of the molecule is Cc1cc(C#CCN)cc(C(=O)Nc2nc(C)cs2)c1. The fraction of sp³-hybridized carbons (Fsp3) is 0.200. The number of benzene rings is 1. The van der Waals surface area contributed by atoms with E-state index in [1.165, 1.54) is 11.3 Å². The molecule has 102 valence electrons. The van der Waals surface area contributed by atoms with Gasteiger partial charge in [0.1, 0.15) is 0 Å². The number of amides is 1. The van der Waals surface area contributed by atoms with Crippen LogP contribution in [0.5, 0.6) is 0 Å². The maximum absolute atomic E-state index is 12.2. The molecule has 5 heteroatoms. The predicted molar refractivity (Wildman–Crippen MR) is 81.9 cm³/mol. The zero-order valence-electron chi connectivity index (χ0n) is 11.4. The van der Waals surface area contributed by atoms with Crippen molar-refractivity contribution in [3.63, 3.8) is 0 Å². The van der Waals surface area contributed by atoms with Crippen LogP contribution in [0.4, 0.5) is 5.13 Å². The van der Waals surface area contributed by atoms with Gasteiger partial charge in [0.25, 0.3) is 5.91 Å². The van der Waals surface area contributed by atoms with E-state index >= 15 is 0 Å². The van der Waals surface area contributed by atoms with Crippen LogP contribution in [0.25, 0.3) is 0 Å². The Bertz CT molecular complexity index is 695.